The number of rotatable bonds is 5. The van der Waals surface area contributed by atoms with E-state index in [2.05, 4.69) is 25.9 Å². The average molecular weight is 426 g/mol. The highest BCUT2D eigenvalue weighted by molar-refractivity contribution is 7.89. The van der Waals surface area contributed by atoms with Crippen molar-refractivity contribution in [3.63, 3.8) is 0 Å². The van der Waals surface area contributed by atoms with Gasteiger partial charge in [-0.15, -0.1) is 0 Å². The summed E-state index contributed by atoms with van der Waals surface area (Å²) in [7, 11) is -3.68. The molecule has 0 amide bonds. The molecule has 0 aliphatic heterocycles. The zero-order valence-corrected chi connectivity index (χ0v) is 17.4. The number of hydrogen-bond donors (Lipinski definition) is 2. The van der Waals surface area contributed by atoms with E-state index >= 15 is 0 Å². The normalized spacial score (nSPS) is 19.6. The van der Waals surface area contributed by atoms with Crippen LogP contribution in [-0.2, 0) is 10.0 Å². The van der Waals surface area contributed by atoms with Crippen molar-refractivity contribution in [3.05, 3.63) is 36.3 Å². The molecule has 10 heteroatoms. The summed E-state index contributed by atoms with van der Waals surface area (Å²) in [5.74, 6) is 0.623. The lowest BCUT2D eigenvalue weighted by Crippen LogP contribution is -2.37. The fourth-order valence-electron chi connectivity index (χ4n) is 3.96. The van der Waals surface area contributed by atoms with Gasteiger partial charge in [0.05, 0.1) is 22.9 Å². The molecule has 0 radical (unpaired) electrons. The first-order chi connectivity index (χ1) is 14.4. The highest BCUT2D eigenvalue weighted by atomic mass is 32.2. The van der Waals surface area contributed by atoms with Gasteiger partial charge in [0.2, 0.25) is 10.0 Å². The van der Waals surface area contributed by atoms with Crippen molar-refractivity contribution in [2.45, 2.75) is 50.0 Å². The molecule has 2 heterocycles. The summed E-state index contributed by atoms with van der Waals surface area (Å²) < 4.78 is 30.4. The van der Waals surface area contributed by atoms with Crippen molar-refractivity contribution in [2.24, 2.45) is 5.92 Å². The number of nitriles is 1. The molecule has 1 fully saturated rings. The third kappa shape index (κ3) is 3.86. The van der Waals surface area contributed by atoms with Crippen molar-refractivity contribution in [3.8, 4) is 17.3 Å². The molecule has 1 aliphatic rings. The molecule has 3 aromatic rings. The SMILES string of the molecule is Cc1ccc(S(=O)(=O)N[C@H]2CC[C@H](CC#N)CC2)cc1-c1cnc2c(N)ncnn12. The number of anilines is 1. The number of imidazole rings is 1. The summed E-state index contributed by atoms with van der Waals surface area (Å²) in [5.41, 5.74) is 8.53. The van der Waals surface area contributed by atoms with Crippen molar-refractivity contribution in [2.75, 3.05) is 5.73 Å². The Morgan fingerprint density at radius 2 is 2.03 bits per heavy atom. The van der Waals surface area contributed by atoms with E-state index in [4.69, 9.17) is 11.0 Å². The minimum atomic E-state index is -3.68. The van der Waals surface area contributed by atoms with Crippen molar-refractivity contribution < 1.29 is 8.42 Å². The highest BCUT2D eigenvalue weighted by Crippen LogP contribution is 2.30. The monoisotopic (exact) mass is 425 g/mol. The number of aromatic nitrogens is 4. The molecule has 0 saturated heterocycles. The van der Waals surface area contributed by atoms with Crippen molar-refractivity contribution >= 4 is 21.5 Å². The van der Waals surface area contributed by atoms with Crippen LogP contribution in [0.25, 0.3) is 16.9 Å². The molecule has 9 nitrogen and oxygen atoms in total. The Morgan fingerprint density at radius 3 is 2.77 bits per heavy atom. The van der Waals surface area contributed by atoms with Gasteiger partial charge in [0.1, 0.15) is 6.33 Å². The Hall–Kier alpha value is -3.03. The van der Waals surface area contributed by atoms with Crippen LogP contribution >= 0.6 is 0 Å². The molecule has 1 saturated carbocycles. The summed E-state index contributed by atoms with van der Waals surface area (Å²) in [6, 6.07) is 7.11. The molecule has 0 atom stereocenters. The van der Waals surface area contributed by atoms with Crippen LogP contribution in [0, 0.1) is 24.2 Å². The number of nitrogens with zero attached hydrogens (tertiary/aromatic N) is 5. The standard InChI is InChI=1S/C20H23N7O2S/c1-13-2-7-16(30(28,29)26-15-5-3-14(4-6-15)8-9-21)10-17(13)18-11-23-20-19(22)24-12-25-27(18)20/h2,7,10-12,14-15,26H,3-6,8H2,1H3,(H2,22,24,25)/t14-,15-. The van der Waals surface area contributed by atoms with Crippen LogP contribution in [0.3, 0.4) is 0 Å². The van der Waals surface area contributed by atoms with Gasteiger partial charge in [-0.3, -0.25) is 0 Å². The zero-order valence-electron chi connectivity index (χ0n) is 16.6. The summed E-state index contributed by atoms with van der Waals surface area (Å²) in [4.78, 5) is 8.40. The second kappa shape index (κ2) is 8.01. The first-order valence-electron chi connectivity index (χ1n) is 9.83. The van der Waals surface area contributed by atoms with Crippen LogP contribution in [-0.4, -0.2) is 34.0 Å². The van der Waals surface area contributed by atoms with E-state index in [0.29, 0.717) is 29.2 Å². The van der Waals surface area contributed by atoms with Gasteiger partial charge < -0.3 is 5.73 Å². The fourth-order valence-corrected chi connectivity index (χ4v) is 5.29. The molecule has 1 aliphatic carbocycles. The van der Waals surface area contributed by atoms with Crippen LogP contribution in [0.4, 0.5) is 5.82 Å². The Labute approximate surface area is 175 Å². The van der Waals surface area contributed by atoms with Crippen LogP contribution in [0.2, 0.25) is 0 Å². The molecule has 2 aromatic heterocycles. The fraction of sp³-hybridized carbons (Fsp3) is 0.400. The second-order valence-corrected chi connectivity index (χ2v) is 9.42. The predicted octanol–water partition coefficient (Wildman–Crippen LogP) is 2.43. The lowest BCUT2D eigenvalue weighted by molar-refractivity contribution is 0.317. The number of sulfonamides is 1. The van der Waals surface area contributed by atoms with Crippen molar-refractivity contribution in [1.82, 2.24) is 24.3 Å². The smallest absolute Gasteiger partial charge is 0.240 e. The van der Waals surface area contributed by atoms with Crippen LogP contribution in [0.15, 0.2) is 35.6 Å². The Kier molecular flexibility index (Phi) is 5.40. The van der Waals surface area contributed by atoms with Gasteiger partial charge in [-0.1, -0.05) is 6.07 Å². The summed E-state index contributed by atoms with van der Waals surface area (Å²) >= 11 is 0. The minimum Gasteiger partial charge on any atom is -0.381 e. The number of nitrogen functional groups attached to an aromatic ring is 1. The Morgan fingerprint density at radius 1 is 1.27 bits per heavy atom. The van der Waals surface area contributed by atoms with E-state index in [1.807, 2.05) is 6.92 Å². The third-order valence-electron chi connectivity index (χ3n) is 5.67. The number of benzene rings is 1. The van der Waals surface area contributed by atoms with E-state index in [1.165, 1.54) is 6.33 Å². The lowest BCUT2D eigenvalue weighted by Gasteiger charge is -2.27. The second-order valence-electron chi connectivity index (χ2n) is 7.70. The quantitative estimate of drug-likeness (QED) is 0.640. The maximum Gasteiger partial charge on any atom is 0.240 e. The zero-order chi connectivity index (χ0) is 21.3. The largest absolute Gasteiger partial charge is 0.381 e. The topological polar surface area (TPSA) is 139 Å². The molecule has 4 rings (SSSR count). The van der Waals surface area contributed by atoms with Gasteiger partial charge in [-0.05, 0) is 56.2 Å². The maximum absolute atomic E-state index is 13.0. The van der Waals surface area contributed by atoms with Crippen molar-refractivity contribution in [1.29, 1.82) is 5.26 Å². The van der Waals surface area contributed by atoms with Gasteiger partial charge in [0, 0.05) is 18.0 Å². The molecule has 0 spiro atoms. The number of nitrogens with two attached hydrogens (primary N) is 1. The van der Waals surface area contributed by atoms with Crippen LogP contribution < -0.4 is 10.5 Å². The van der Waals surface area contributed by atoms with Crippen LogP contribution in [0.1, 0.15) is 37.7 Å². The van der Waals surface area contributed by atoms with E-state index in [9.17, 15) is 8.42 Å². The number of aryl methyl sites for hydroxylation is 1. The van der Waals surface area contributed by atoms with E-state index in [-0.39, 0.29) is 16.8 Å². The molecule has 0 bridgehead atoms. The van der Waals surface area contributed by atoms with Gasteiger partial charge in [-0.25, -0.2) is 27.6 Å². The van der Waals surface area contributed by atoms with Gasteiger partial charge >= 0.3 is 0 Å². The third-order valence-corrected chi connectivity index (χ3v) is 7.19. The number of hydrogen-bond acceptors (Lipinski definition) is 7. The van der Waals surface area contributed by atoms with E-state index in [0.717, 1.165) is 31.2 Å². The number of nitrogens with one attached hydrogen (secondary N) is 1. The predicted molar refractivity (Wildman–Crippen MR) is 112 cm³/mol. The molecule has 1 aromatic carbocycles. The molecule has 156 valence electrons. The lowest BCUT2D eigenvalue weighted by atomic mass is 9.85. The molecular formula is C20H23N7O2S. The van der Waals surface area contributed by atoms with E-state index in [1.54, 1.807) is 28.9 Å². The Bertz CT molecular complexity index is 1220. The Balaban J connectivity index is 1.61. The summed E-state index contributed by atoms with van der Waals surface area (Å²) in [6.45, 7) is 1.90. The summed E-state index contributed by atoms with van der Waals surface area (Å²) in [5, 5.41) is 13.0. The first kappa shape index (κ1) is 20.3. The van der Waals surface area contributed by atoms with Gasteiger partial charge in [0.15, 0.2) is 11.5 Å². The number of fused-ring (bicyclic) bond motifs is 1. The minimum absolute atomic E-state index is 0.113. The van der Waals surface area contributed by atoms with E-state index < -0.39 is 10.0 Å². The molecule has 3 N–H and O–H groups in total. The van der Waals surface area contributed by atoms with Gasteiger partial charge in [-0.2, -0.15) is 10.4 Å². The van der Waals surface area contributed by atoms with Crippen LogP contribution in [0.5, 0.6) is 0 Å². The average Bonchev–Trinajstić information content (AvgIpc) is 3.15. The maximum atomic E-state index is 13.0. The first-order valence-corrected chi connectivity index (χ1v) is 11.3. The summed E-state index contributed by atoms with van der Waals surface area (Å²) in [6.07, 6.45) is 6.71. The van der Waals surface area contributed by atoms with Gasteiger partial charge in [0.25, 0.3) is 0 Å². The molecule has 0 unspecified atom stereocenters. The molecular weight excluding hydrogens is 402 g/mol. The molecule has 30 heavy (non-hydrogen) atoms. The highest BCUT2D eigenvalue weighted by Gasteiger charge is 2.26.